The van der Waals surface area contributed by atoms with Crippen LogP contribution >= 0.6 is 0 Å². The summed E-state index contributed by atoms with van der Waals surface area (Å²) >= 11 is 0. The first-order valence-electron chi connectivity index (χ1n) is 6.29. The Balaban J connectivity index is 2.33. The Morgan fingerprint density at radius 2 is 2.06 bits per heavy atom. The van der Waals surface area contributed by atoms with Crippen LogP contribution in [0.2, 0.25) is 0 Å². The van der Waals surface area contributed by atoms with Crippen LogP contribution in [0.1, 0.15) is 25.7 Å². The van der Waals surface area contributed by atoms with Crippen LogP contribution in [-0.4, -0.2) is 54.7 Å². The van der Waals surface area contributed by atoms with Crippen molar-refractivity contribution in [1.29, 1.82) is 0 Å². The zero-order chi connectivity index (χ0) is 13.5. The van der Waals surface area contributed by atoms with E-state index in [9.17, 15) is 9.59 Å². The predicted molar refractivity (Wildman–Crippen MR) is 66.0 cm³/mol. The Morgan fingerprint density at radius 3 is 2.50 bits per heavy atom. The molecule has 0 spiro atoms. The van der Waals surface area contributed by atoms with Gasteiger partial charge in [0.1, 0.15) is 0 Å². The molecule has 0 radical (unpaired) electrons. The van der Waals surface area contributed by atoms with Crippen LogP contribution in [0.4, 0.5) is 0 Å². The van der Waals surface area contributed by atoms with Crippen LogP contribution in [0.3, 0.4) is 0 Å². The maximum Gasteiger partial charge on any atom is 0.303 e. The number of likely N-dealkylation sites (tertiary alicyclic amines) is 1. The van der Waals surface area contributed by atoms with Gasteiger partial charge in [0.05, 0.1) is 12.5 Å². The number of methoxy groups -OCH3 is 1. The van der Waals surface area contributed by atoms with Gasteiger partial charge in [0.25, 0.3) is 0 Å². The van der Waals surface area contributed by atoms with Crippen molar-refractivity contribution < 1.29 is 19.4 Å². The molecule has 3 N–H and O–H groups in total. The van der Waals surface area contributed by atoms with E-state index in [1.165, 1.54) is 0 Å². The fourth-order valence-electron chi connectivity index (χ4n) is 2.22. The number of nitrogens with two attached hydrogens (primary N) is 1. The molecule has 1 amide bonds. The average Bonchev–Trinajstić information content (AvgIpc) is 2.35. The highest BCUT2D eigenvalue weighted by atomic mass is 16.5. The largest absolute Gasteiger partial charge is 0.481 e. The summed E-state index contributed by atoms with van der Waals surface area (Å²) < 4.78 is 5.08. The molecule has 0 bridgehead atoms. The van der Waals surface area contributed by atoms with Crippen molar-refractivity contribution in [2.45, 2.75) is 31.8 Å². The first kappa shape index (κ1) is 14.9. The van der Waals surface area contributed by atoms with E-state index in [2.05, 4.69) is 0 Å². The molecular weight excluding hydrogens is 236 g/mol. The lowest BCUT2D eigenvalue weighted by Gasteiger charge is -2.32. The van der Waals surface area contributed by atoms with Crippen LogP contribution < -0.4 is 5.73 Å². The van der Waals surface area contributed by atoms with E-state index in [0.717, 1.165) is 12.8 Å². The molecule has 1 unspecified atom stereocenters. The number of carboxylic acids is 1. The van der Waals surface area contributed by atoms with Gasteiger partial charge >= 0.3 is 5.97 Å². The molecule has 1 heterocycles. The maximum absolute atomic E-state index is 11.9. The zero-order valence-corrected chi connectivity index (χ0v) is 10.8. The monoisotopic (exact) mass is 258 g/mol. The quantitative estimate of drug-likeness (QED) is 0.703. The number of amides is 1. The van der Waals surface area contributed by atoms with Crippen LogP contribution in [-0.2, 0) is 14.3 Å². The van der Waals surface area contributed by atoms with E-state index in [-0.39, 0.29) is 24.3 Å². The Kier molecular flexibility index (Phi) is 6.07. The molecule has 0 aliphatic carbocycles. The second kappa shape index (κ2) is 7.33. The number of nitrogens with zero attached hydrogens (tertiary/aromatic N) is 1. The lowest BCUT2D eigenvalue weighted by molar-refractivity contribution is -0.139. The zero-order valence-electron chi connectivity index (χ0n) is 10.8. The number of carbonyl (C=O) groups excluding carboxylic acids is 1. The lowest BCUT2D eigenvalue weighted by atomic mass is 9.93. The van der Waals surface area contributed by atoms with Crippen molar-refractivity contribution >= 4 is 11.9 Å². The van der Waals surface area contributed by atoms with Gasteiger partial charge in [-0.25, -0.2) is 0 Å². The molecule has 104 valence electrons. The minimum absolute atomic E-state index is 0.0427. The van der Waals surface area contributed by atoms with E-state index >= 15 is 0 Å². The Morgan fingerprint density at radius 1 is 1.44 bits per heavy atom. The number of rotatable bonds is 6. The summed E-state index contributed by atoms with van der Waals surface area (Å²) in [5, 5.41) is 8.71. The summed E-state index contributed by atoms with van der Waals surface area (Å²) in [4.78, 5) is 24.3. The standard InChI is InChI=1S/C12H22N2O4/c1-18-10(8-13)7-11(15)14-4-2-9(3-5-14)6-12(16)17/h9-10H,2-8,13H2,1H3,(H,16,17). The second-order valence-electron chi connectivity index (χ2n) is 4.72. The minimum atomic E-state index is -0.762. The van der Waals surface area contributed by atoms with Gasteiger partial charge < -0.3 is 20.5 Å². The summed E-state index contributed by atoms with van der Waals surface area (Å²) in [6, 6.07) is 0. The van der Waals surface area contributed by atoms with Gasteiger partial charge in [-0.05, 0) is 18.8 Å². The third kappa shape index (κ3) is 4.62. The van der Waals surface area contributed by atoms with E-state index in [1.807, 2.05) is 0 Å². The van der Waals surface area contributed by atoms with Crippen molar-refractivity contribution in [3.8, 4) is 0 Å². The van der Waals surface area contributed by atoms with Crippen molar-refractivity contribution in [2.24, 2.45) is 11.7 Å². The van der Waals surface area contributed by atoms with Gasteiger partial charge in [0.15, 0.2) is 0 Å². The van der Waals surface area contributed by atoms with Gasteiger partial charge in [-0.1, -0.05) is 0 Å². The molecule has 18 heavy (non-hydrogen) atoms. The van der Waals surface area contributed by atoms with Crippen LogP contribution in [0.15, 0.2) is 0 Å². The number of hydrogen-bond donors (Lipinski definition) is 2. The molecule has 0 aromatic rings. The summed E-state index contributed by atoms with van der Waals surface area (Å²) in [7, 11) is 1.55. The van der Waals surface area contributed by atoms with Crippen LogP contribution in [0, 0.1) is 5.92 Å². The summed E-state index contributed by atoms with van der Waals surface area (Å²) in [6.45, 7) is 1.60. The van der Waals surface area contributed by atoms with Crippen molar-refractivity contribution in [1.82, 2.24) is 4.90 Å². The third-order valence-corrected chi connectivity index (χ3v) is 3.43. The van der Waals surface area contributed by atoms with Crippen LogP contribution in [0.25, 0.3) is 0 Å². The second-order valence-corrected chi connectivity index (χ2v) is 4.72. The van der Waals surface area contributed by atoms with E-state index in [1.54, 1.807) is 12.0 Å². The van der Waals surface area contributed by atoms with Crippen molar-refractivity contribution in [2.75, 3.05) is 26.7 Å². The molecule has 0 saturated carbocycles. The number of piperidine rings is 1. The molecule has 6 nitrogen and oxygen atoms in total. The molecule has 0 aromatic heterocycles. The van der Waals surface area contributed by atoms with Gasteiger partial charge in [-0.2, -0.15) is 0 Å². The Bertz CT molecular complexity index is 284. The van der Waals surface area contributed by atoms with Gasteiger partial charge in [-0.15, -0.1) is 0 Å². The number of ether oxygens (including phenoxy) is 1. The minimum Gasteiger partial charge on any atom is -0.481 e. The summed E-state index contributed by atoms with van der Waals surface area (Å²) in [5.41, 5.74) is 5.48. The molecule has 1 atom stereocenters. The Labute approximate surface area is 107 Å². The van der Waals surface area contributed by atoms with Gasteiger partial charge in [0, 0.05) is 33.2 Å². The Hall–Kier alpha value is -1.14. The number of hydrogen-bond acceptors (Lipinski definition) is 4. The third-order valence-electron chi connectivity index (χ3n) is 3.43. The highest BCUT2D eigenvalue weighted by molar-refractivity contribution is 5.76. The average molecular weight is 258 g/mol. The highest BCUT2D eigenvalue weighted by Gasteiger charge is 2.25. The number of aliphatic carboxylic acids is 1. The first-order chi connectivity index (χ1) is 8.56. The smallest absolute Gasteiger partial charge is 0.303 e. The molecule has 6 heteroatoms. The number of carboxylic acid groups (broad SMARTS) is 1. The highest BCUT2D eigenvalue weighted by Crippen LogP contribution is 2.21. The molecule has 1 saturated heterocycles. The normalized spacial score (nSPS) is 18.7. The van der Waals surface area contributed by atoms with Gasteiger partial charge in [0.2, 0.25) is 5.91 Å². The molecule has 1 aliphatic rings. The SMILES string of the molecule is COC(CN)CC(=O)N1CCC(CC(=O)O)CC1. The fourth-order valence-corrected chi connectivity index (χ4v) is 2.22. The molecule has 1 rings (SSSR count). The topological polar surface area (TPSA) is 92.9 Å². The maximum atomic E-state index is 11.9. The van der Waals surface area contributed by atoms with E-state index < -0.39 is 5.97 Å². The van der Waals surface area contributed by atoms with E-state index in [0.29, 0.717) is 26.1 Å². The van der Waals surface area contributed by atoms with Crippen molar-refractivity contribution in [3.05, 3.63) is 0 Å². The first-order valence-corrected chi connectivity index (χ1v) is 6.29. The summed E-state index contributed by atoms with van der Waals surface area (Å²) in [6.07, 6.45) is 1.80. The predicted octanol–water partition coefficient (Wildman–Crippen LogP) is 0.0635. The van der Waals surface area contributed by atoms with Crippen LogP contribution in [0.5, 0.6) is 0 Å². The van der Waals surface area contributed by atoms with Crippen molar-refractivity contribution in [3.63, 3.8) is 0 Å². The lowest BCUT2D eigenvalue weighted by Crippen LogP contribution is -2.41. The summed E-state index contributed by atoms with van der Waals surface area (Å²) in [5.74, 6) is -0.525. The van der Waals surface area contributed by atoms with Gasteiger partial charge in [-0.3, -0.25) is 9.59 Å². The molecule has 1 aliphatic heterocycles. The number of carbonyl (C=O) groups is 2. The molecular formula is C12H22N2O4. The molecule has 0 aromatic carbocycles. The molecule has 1 fully saturated rings. The van der Waals surface area contributed by atoms with E-state index in [4.69, 9.17) is 15.6 Å². The fraction of sp³-hybridized carbons (Fsp3) is 0.833.